The van der Waals surface area contributed by atoms with Crippen LogP contribution < -0.4 is 0 Å². The number of aliphatic hydroxyl groups is 2. The van der Waals surface area contributed by atoms with Crippen molar-refractivity contribution in [3.05, 3.63) is 85.1 Å². The molecule has 6 unspecified atom stereocenters. The second-order valence-corrected chi connectivity index (χ2v) is 19.9. The van der Waals surface area contributed by atoms with Crippen molar-refractivity contribution in [3.63, 3.8) is 0 Å². The molecule has 1 saturated heterocycles. The summed E-state index contributed by atoms with van der Waals surface area (Å²) in [6.45, 7) is 5.73. The van der Waals surface area contributed by atoms with Gasteiger partial charge in [0.2, 0.25) is 0 Å². The third-order valence-corrected chi connectivity index (χ3v) is 12.9. The van der Waals surface area contributed by atoms with Crippen molar-refractivity contribution < 1.29 is 58.2 Å². The van der Waals surface area contributed by atoms with Gasteiger partial charge in [0.15, 0.2) is 24.6 Å². The minimum Gasteiger partial charge on any atom is -0.479 e. The van der Waals surface area contributed by atoms with E-state index in [1.165, 1.54) is 32.1 Å². The molecule has 1 rings (SSSR count). The van der Waals surface area contributed by atoms with E-state index in [1.54, 1.807) is 0 Å². The van der Waals surface area contributed by atoms with Gasteiger partial charge in [-0.2, -0.15) is 0 Å². The van der Waals surface area contributed by atoms with E-state index < -0.39 is 67.3 Å². The van der Waals surface area contributed by atoms with Gasteiger partial charge in [-0.3, -0.25) is 14.4 Å². The highest BCUT2D eigenvalue weighted by Gasteiger charge is 2.50. The lowest BCUT2D eigenvalue weighted by Gasteiger charge is -2.40. The lowest BCUT2D eigenvalue weighted by atomic mass is 9.98. The zero-order valence-corrected chi connectivity index (χ0v) is 47.0. The number of carbonyl (C=O) groups excluding carboxylic acids is 3. The van der Waals surface area contributed by atoms with Gasteiger partial charge >= 0.3 is 23.9 Å². The molecule has 0 amide bonds. The fraction of sp³-hybridized carbons (Fsp3) is 0.714. The van der Waals surface area contributed by atoms with Crippen LogP contribution in [0.1, 0.15) is 239 Å². The van der Waals surface area contributed by atoms with Crippen LogP contribution in [0.4, 0.5) is 0 Å². The third-order valence-electron chi connectivity index (χ3n) is 12.9. The smallest absolute Gasteiger partial charge is 0.335 e. The van der Waals surface area contributed by atoms with Crippen molar-refractivity contribution in [1.29, 1.82) is 0 Å². The summed E-state index contributed by atoms with van der Waals surface area (Å²) in [5.41, 5.74) is 0. The molecule has 0 radical (unpaired) electrons. The van der Waals surface area contributed by atoms with Crippen LogP contribution in [0.25, 0.3) is 0 Å². The maximum atomic E-state index is 13.1. The van der Waals surface area contributed by atoms with E-state index >= 15 is 0 Å². The van der Waals surface area contributed by atoms with Gasteiger partial charge in [0.1, 0.15) is 18.8 Å². The fourth-order valence-electron chi connectivity index (χ4n) is 8.45. The Morgan fingerprint density at radius 2 is 0.840 bits per heavy atom. The average Bonchev–Trinajstić information content (AvgIpc) is 3.39. The second kappa shape index (κ2) is 50.7. The Kier molecular flexibility index (Phi) is 46.6. The molecular weight excluding hydrogens is 949 g/mol. The average molecular weight is 1050 g/mol. The van der Waals surface area contributed by atoms with Crippen LogP contribution in [0.15, 0.2) is 85.1 Å². The summed E-state index contributed by atoms with van der Waals surface area (Å²) >= 11 is 0. The van der Waals surface area contributed by atoms with E-state index in [0.717, 1.165) is 148 Å². The molecule has 0 aliphatic carbocycles. The number of carboxylic acids is 1. The molecule has 1 fully saturated rings. The molecule has 3 N–H and O–H groups in total. The molecule has 0 aromatic heterocycles. The monoisotopic (exact) mass is 1050 g/mol. The first-order chi connectivity index (χ1) is 36.6. The van der Waals surface area contributed by atoms with Gasteiger partial charge in [-0.05, 0) is 109 Å². The molecule has 1 heterocycles. The molecule has 75 heavy (non-hydrogen) atoms. The van der Waals surface area contributed by atoms with E-state index in [4.69, 9.17) is 23.7 Å². The Balaban J connectivity index is 2.71. The predicted octanol–water partition coefficient (Wildman–Crippen LogP) is 15.1. The van der Waals surface area contributed by atoms with Crippen molar-refractivity contribution in [2.75, 3.05) is 13.2 Å². The highest BCUT2D eigenvalue weighted by molar-refractivity contribution is 5.74. The standard InChI is InChI=1S/C63H104O12/c1-4-7-10-13-16-19-22-25-27-28-30-32-34-37-40-43-46-49-55(64)71-52-54(73-56(65)50-47-44-41-38-35-31-24-21-18-15-12-9-6-3)53-72-63-61(59(68)58(67)60(75-63)62(69)70)74-57(66)51-48-45-42-39-36-33-29-26-23-20-17-14-11-8-5-2/h7-8,10-11,16-17,19-21,24-27,29,54,58-61,63,67-68H,4-6,9,12-15,18,22-23,28,30-53H2,1-3H3,(H,69,70)/b10-7-,11-8-,19-16-,20-17-,24-21-,27-25-,29-26-. The van der Waals surface area contributed by atoms with Crippen LogP contribution >= 0.6 is 0 Å². The highest BCUT2D eigenvalue weighted by Crippen LogP contribution is 2.26. The normalized spacial score (nSPS) is 18.8. The molecule has 0 bridgehead atoms. The number of carboxylic acid groups (broad SMARTS) is 1. The number of unbranched alkanes of at least 4 members (excludes halogenated alkanes) is 21. The highest BCUT2D eigenvalue weighted by atomic mass is 16.7. The van der Waals surface area contributed by atoms with Crippen LogP contribution in [0.3, 0.4) is 0 Å². The summed E-state index contributed by atoms with van der Waals surface area (Å²) in [4.78, 5) is 51.1. The molecule has 0 aromatic rings. The number of rotatable bonds is 49. The van der Waals surface area contributed by atoms with E-state index in [-0.39, 0.29) is 25.9 Å². The van der Waals surface area contributed by atoms with E-state index in [2.05, 4.69) is 106 Å². The molecule has 1 aliphatic rings. The molecule has 12 nitrogen and oxygen atoms in total. The van der Waals surface area contributed by atoms with Gasteiger partial charge in [-0.15, -0.1) is 0 Å². The zero-order valence-electron chi connectivity index (χ0n) is 47.0. The Hall–Kier alpha value is -4.10. The first-order valence-corrected chi connectivity index (χ1v) is 29.6. The van der Waals surface area contributed by atoms with Gasteiger partial charge in [0.25, 0.3) is 0 Å². The van der Waals surface area contributed by atoms with Crippen LogP contribution in [0.5, 0.6) is 0 Å². The summed E-state index contributed by atoms with van der Waals surface area (Å²) in [7, 11) is 0. The fourth-order valence-corrected chi connectivity index (χ4v) is 8.45. The quantitative estimate of drug-likeness (QED) is 0.0228. The van der Waals surface area contributed by atoms with Gasteiger partial charge in [-0.25, -0.2) is 4.79 Å². The molecule has 6 atom stereocenters. The summed E-state index contributed by atoms with van der Waals surface area (Å²) in [5, 5.41) is 31.5. The number of esters is 3. The minimum absolute atomic E-state index is 0.0365. The van der Waals surface area contributed by atoms with Crippen molar-refractivity contribution in [2.45, 2.75) is 276 Å². The van der Waals surface area contributed by atoms with Gasteiger partial charge in [0, 0.05) is 19.3 Å². The maximum absolute atomic E-state index is 13.1. The lowest BCUT2D eigenvalue weighted by Crippen LogP contribution is -2.61. The molecule has 0 saturated carbocycles. The van der Waals surface area contributed by atoms with Crippen molar-refractivity contribution in [3.8, 4) is 0 Å². The number of hydrogen-bond acceptors (Lipinski definition) is 11. The second-order valence-electron chi connectivity index (χ2n) is 19.9. The number of ether oxygens (including phenoxy) is 5. The summed E-state index contributed by atoms with van der Waals surface area (Å²) in [6.07, 6.45) is 52.6. The Morgan fingerprint density at radius 3 is 1.29 bits per heavy atom. The summed E-state index contributed by atoms with van der Waals surface area (Å²) in [6, 6.07) is 0. The van der Waals surface area contributed by atoms with Gasteiger partial charge < -0.3 is 39.0 Å². The summed E-state index contributed by atoms with van der Waals surface area (Å²) in [5.74, 6) is -3.17. The van der Waals surface area contributed by atoms with Gasteiger partial charge in [-0.1, -0.05) is 196 Å². The Labute approximate surface area is 454 Å². The first kappa shape index (κ1) is 68.9. The SMILES string of the molecule is CC/C=C\C/C=C\C/C=C\CCCCCCCCCC(=O)OCC(COC1OC(C(=O)O)C(O)C(O)C1OC(=O)CCCCCCC/C=C\C/C=C\C/C=C\CC)OC(=O)CCCCCCC/C=C\CCCCCC. The predicted molar refractivity (Wildman–Crippen MR) is 303 cm³/mol. The molecular formula is C63H104O12. The van der Waals surface area contributed by atoms with E-state index in [9.17, 15) is 34.5 Å². The third kappa shape index (κ3) is 40.8. The van der Waals surface area contributed by atoms with E-state index in [1.807, 2.05) is 0 Å². The molecule has 0 spiro atoms. The Morgan fingerprint density at radius 1 is 0.453 bits per heavy atom. The number of aliphatic hydroxyl groups excluding tert-OH is 2. The number of aliphatic carboxylic acids is 1. The molecule has 428 valence electrons. The number of hydrogen-bond donors (Lipinski definition) is 3. The zero-order chi connectivity index (χ0) is 54.7. The molecule has 0 aromatic carbocycles. The van der Waals surface area contributed by atoms with Crippen molar-refractivity contribution >= 4 is 23.9 Å². The van der Waals surface area contributed by atoms with Crippen molar-refractivity contribution in [2.24, 2.45) is 0 Å². The lowest BCUT2D eigenvalue weighted by molar-refractivity contribution is -0.301. The molecule has 1 aliphatic heterocycles. The summed E-state index contributed by atoms with van der Waals surface area (Å²) < 4.78 is 28.4. The maximum Gasteiger partial charge on any atom is 0.335 e. The van der Waals surface area contributed by atoms with Crippen molar-refractivity contribution in [1.82, 2.24) is 0 Å². The largest absolute Gasteiger partial charge is 0.479 e. The topological polar surface area (TPSA) is 175 Å². The minimum atomic E-state index is -1.91. The van der Waals surface area contributed by atoms with Crippen LogP contribution in [-0.2, 0) is 42.9 Å². The van der Waals surface area contributed by atoms with Gasteiger partial charge in [0.05, 0.1) is 6.61 Å². The number of carbonyl (C=O) groups is 4. The number of allylic oxidation sites excluding steroid dienone is 14. The molecule has 12 heteroatoms. The Bertz CT molecular complexity index is 1630. The van der Waals surface area contributed by atoms with Crippen LogP contribution in [0.2, 0.25) is 0 Å². The first-order valence-electron chi connectivity index (χ1n) is 29.6. The van der Waals surface area contributed by atoms with Crippen LogP contribution in [0, 0.1) is 0 Å². The van der Waals surface area contributed by atoms with Crippen LogP contribution in [-0.4, -0.2) is 89.2 Å². The van der Waals surface area contributed by atoms with E-state index in [0.29, 0.717) is 19.3 Å².